The van der Waals surface area contributed by atoms with Crippen molar-refractivity contribution in [2.75, 3.05) is 115 Å². The summed E-state index contributed by atoms with van der Waals surface area (Å²) in [4.78, 5) is 68.9. The van der Waals surface area contributed by atoms with Crippen LogP contribution in [0.1, 0.15) is 79.1 Å². The van der Waals surface area contributed by atoms with Crippen LogP contribution in [-0.2, 0) is 19.2 Å². The Balaban J connectivity index is 1.28. The van der Waals surface area contributed by atoms with Gasteiger partial charge in [-0.3, -0.25) is 29.0 Å². The van der Waals surface area contributed by atoms with Gasteiger partial charge in [0.15, 0.2) is 0 Å². The van der Waals surface area contributed by atoms with Gasteiger partial charge in [-0.15, -0.1) is 0 Å². The average Bonchev–Trinajstić information content (AvgIpc) is 3.61. The normalized spacial score (nSPS) is 27.3. The first-order chi connectivity index (χ1) is 30.4. The van der Waals surface area contributed by atoms with E-state index in [0.29, 0.717) is 56.0 Å². The highest BCUT2D eigenvalue weighted by Crippen LogP contribution is 2.50. The van der Waals surface area contributed by atoms with Gasteiger partial charge in [-0.25, -0.2) is 0 Å². The van der Waals surface area contributed by atoms with Crippen molar-refractivity contribution in [3.05, 3.63) is 24.3 Å². The van der Waals surface area contributed by atoms with E-state index in [1.165, 1.54) is 9.80 Å². The van der Waals surface area contributed by atoms with E-state index in [1.54, 1.807) is 24.3 Å². The molecule has 0 radical (unpaired) electrons. The van der Waals surface area contributed by atoms with Gasteiger partial charge in [-0.1, -0.05) is 27.7 Å². The fourth-order valence-corrected chi connectivity index (χ4v) is 16.5. The van der Waals surface area contributed by atoms with Gasteiger partial charge in [-0.05, 0) is 156 Å². The molecule has 10 nitrogen and oxygen atoms in total. The number of thioether (sulfide) groups is 4. The van der Waals surface area contributed by atoms with Crippen LogP contribution in [0.3, 0.4) is 0 Å². The Morgan fingerprint density at radius 1 is 0.484 bits per heavy atom. The quantitative estimate of drug-likeness (QED) is 0.0839. The fourth-order valence-electron chi connectivity index (χ4n) is 10.3. The Bertz CT molecular complexity index is 1540. The predicted molar refractivity (Wildman–Crippen MR) is 278 cm³/mol. The minimum Gasteiger partial charge on any atom is -0.309 e. The molecule has 2 heterocycles. The molecule has 1 aromatic rings. The summed E-state index contributed by atoms with van der Waals surface area (Å²) in [6.07, 6.45) is 7.35. The number of rotatable bonds is 26. The molecule has 0 spiro atoms. The zero-order chi connectivity index (χ0) is 46.8. The van der Waals surface area contributed by atoms with E-state index in [1.807, 2.05) is 23.5 Å². The lowest BCUT2D eigenvalue weighted by atomic mass is 9.73. The summed E-state index contributed by atoms with van der Waals surface area (Å²) >= 11 is 8.14. The second-order valence-corrected chi connectivity index (χ2v) is 26.3. The summed E-state index contributed by atoms with van der Waals surface area (Å²) in [5, 5.41) is 1.81. The van der Waals surface area contributed by atoms with Crippen LogP contribution in [-0.4, -0.2) is 170 Å². The summed E-state index contributed by atoms with van der Waals surface area (Å²) in [5.41, 5.74) is 1.08. The monoisotopic (exact) mass is 961 g/mol. The maximum Gasteiger partial charge on any atom is 0.237 e. The van der Waals surface area contributed by atoms with E-state index in [9.17, 15) is 19.2 Å². The van der Waals surface area contributed by atoms with Crippen LogP contribution in [0, 0.1) is 47.3 Å². The van der Waals surface area contributed by atoms with Crippen LogP contribution in [0.5, 0.6) is 0 Å². The van der Waals surface area contributed by atoms with Gasteiger partial charge < -0.3 is 19.6 Å². The summed E-state index contributed by atoms with van der Waals surface area (Å²) in [6, 6.07) is 7.14. The first-order valence-corrected chi connectivity index (χ1v) is 28.5. The topological polar surface area (TPSA) is 87.7 Å². The standard InChI is InChI=1S/C50H84N6O4S4/c1-33(2)43(61-25-21-51(5)6)19-13-35-29-39-41(31-45(35)63-27-23-53(9)10)49(59)55(47(39)57)37-15-17-38(18-16-37)56-48(58)40-30-36(14-20-44(34(3)4)62-26-22-52(7)8)46(32-42(40)50(56)60)64-28-24-54(11)12/h15-18,33-36,39-46H,13-14,19-32H2,1-12H3. The molecule has 2 aliphatic carbocycles. The van der Waals surface area contributed by atoms with Crippen LogP contribution in [0.4, 0.5) is 11.4 Å². The van der Waals surface area contributed by atoms with Crippen molar-refractivity contribution in [2.45, 2.75) is 100 Å². The molecular formula is C50H84N6O4S4. The first-order valence-electron chi connectivity index (χ1n) is 24.3. The van der Waals surface area contributed by atoms with Gasteiger partial charge in [0.2, 0.25) is 23.6 Å². The molecule has 5 rings (SSSR count). The Kier molecular flexibility index (Phi) is 21.3. The maximum absolute atomic E-state index is 14.3. The number of carbonyl (C=O) groups excluding carboxylic acids is 4. The van der Waals surface area contributed by atoms with Crippen molar-refractivity contribution < 1.29 is 19.2 Å². The number of hydrogen-bond donors (Lipinski definition) is 0. The molecule has 2 aliphatic heterocycles. The lowest BCUT2D eigenvalue weighted by Crippen LogP contribution is -2.36. The molecule has 1 aromatic carbocycles. The van der Waals surface area contributed by atoms with Crippen LogP contribution in [0.2, 0.25) is 0 Å². The number of imide groups is 2. The summed E-state index contributed by atoms with van der Waals surface area (Å²) in [5.74, 6) is 4.52. The highest BCUT2D eigenvalue weighted by Gasteiger charge is 2.55. The smallest absolute Gasteiger partial charge is 0.237 e. The van der Waals surface area contributed by atoms with Crippen molar-refractivity contribution >= 4 is 82.1 Å². The molecule has 0 bridgehead atoms. The molecule has 4 amide bonds. The number of carbonyl (C=O) groups is 4. The number of amides is 4. The molecule has 362 valence electrons. The zero-order valence-corrected chi connectivity index (χ0v) is 44.8. The number of hydrogen-bond acceptors (Lipinski definition) is 12. The number of nitrogens with zero attached hydrogens (tertiary/aromatic N) is 6. The van der Waals surface area contributed by atoms with E-state index < -0.39 is 0 Å². The van der Waals surface area contributed by atoms with Gasteiger partial charge >= 0.3 is 0 Å². The first kappa shape index (κ1) is 53.7. The second-order valence-electron chi connectivity index (χ2n) is 20.9. The third kappa shape index (κ3) is 14.4. The minimum atomic E-state index is -0.315. The highest BCUT2D eigenvalue weighted by molar-refractivity contribution is 8.00. The van der Waals surface area contributed by atoms with Crippen molar-refractivity contribution in [1.82, 2.24) is 19.6 Å². The van der Waals surface area contributed by atoms with E-state index in [-0.39, 0.29) is 47.3 Å². The van der Waals surface area contributed by atoms with Crippen molar-refractivity contribution in [2.24, 2.45) is 47.3 Å². The minimum absolute atomic E-state index is 0.0933. The molecule has 4 aliphatic rings. The molecule has 10 atom stereocenters. The summed E-state index contributed by atoms with van der Waals surface area (Å²) < 4.78 is 0. The third-order valence-corrected chi connectivity index (χ3v) is 20.3. The largest absolute Gasteiger partial charge is 0.309 e. The van der Waals surface area contributed by atoms with Crippen LogP contribution in [0.15, 0.2) is 24.3 Å². The predicted octanol–water partition coefficient (Wildman–Crippen LogP) is 8.24. The van der Waals surface area contributed by atoms with Crippen LogP contribution >= 0.6 is 47.0 Å². The van der Waals surface area contributed by atoms with E-state index in [2.05, 4.69) is 127 Å². The lowest BCUT2D eigenvalue weighted by molar-refractivity contribution is -0.124. The van der Waals surface area contributed by atoms with Crippen LogP contribution in [0.25, 0.3) is 0 Å². The van der Waals surface area contributed by atoms with Crippen molar-refractivity contribution in [1.29, 1.82) is 0 Å². The molecule has 0 N–H and O–H groups in total. The van der Waals surface area contributed by atoms with E-state index in [4.69, 9.17) is 0 Å². The zero-order valence-electron chi connectivity index (χ0n) is 41.5. The Hall–Kier alpha value is -1.26. The lowest BCUT2D eigenvalue weighted by Gasteiger charge is -2.37. The molecule has 14 heteroatoms. The Morgan fingerprint density at radius 2 is 0.781 bits per heavy atom. The molecule has 2 saturated carbocycles. The van der Waals surface area contributed by atoms with Gasteiger partial charge in [0.1, 0.15) is 0 Å². The molecular weight excluding hydrogens is 877 g/mol. The molecule has 64 heavy (non-hydrogen) atoms. The van der Waals surface area contributed by atoms with Gasteiger partial charge in [-0.2, -0.15) is 47.0 Å². The van der Waals surface area contributed by atoms with E-state index in [0.717, 1.165) is 101 Å². The summed E-state index contributed by atoms with van der Waals surface area (Å²) in [7, 11) is 16.9. The summed E-state index contributed by atoms with van der Waals surface area (Å²) in [6.45, 7) is 13.4. The number of benzene rings is 1. The highest BCUT2D eigenvalue weighted by atomic mass is 32.2. The fraction of sp³-hybridized carbons (Fsp3) is 0.800. The van der Waals surface area contributed by atoms with Crippen molar-refractivity contribution in [3.63, 3.8) is 0 Å². The molecule has 0 aromatic heterocycles. The van der Waals surface area contributed by atoms with Crippen LogP contribution < -0.4 is 9.80 Å². The SMILES string of the molecule is CC(C)C(CCC1CC2C(=O)N(c3ccc(N4C(=O)C5CC(CCC(SCCN(C)C)C(C)C)C(SCCN(C)C)CC5C4=O)cc3)C(=O)C2CC1SCCN(C)C)SCCN(C)C. The van der Waals surface area contributed by atoms with Gasteiger partial charge in [0.05, 0.1) is 35.0 Å². The third-order valence-electron chi connectivity index (χ3n) is 14.2. The van der Waals surface area contributed by atoms with E-state index >= 15 is 0 Å². The Labute approximate surface area is 405 Å². The second kappa shape index (κ2) is 25.4. The molecule has 10 unspecified atom stereocenters. The maximum atomic E-state index is 14.3. The number of fused-ring (bicyclic) bond motifs is 2. The average molecular weight is 962 g/mol. The molecule has 2 saturated heterocycles. The van der Waals surface area contributed by atoms with Crippen molar-refractivity contribution in [3.8, 4) is 0 Å². The van der Waals surface area contributed by atoms with Gasteiger partial charge in [0, 0.05) is 70.2 Å². The molecule has 4 fully saturated rings. The Morgan fingerprint density at radius 3 is 1.08 bits per heavy atom. The number of anilines is 2. The van der Waals surface area contributed by atoms with Gasteiger partial charge in [0.25, 0.3) is 0 Å².